The van der Waals surface area contributed by atoms with Crippen LogP contribution in [0.2, 0.25) is 0 Å². The van der Waals surface area contributed by atoms with Crippen molar-refractivity contribution in [3.8, 4) is 6.07 Å². The molecule has 2 rings (SSSR count). The fourth-order valence-corrected chi connectivity index (χ4v) is 2.71. The summed E-state index contributed by atoms with van der Waals surface area (Å²) in [6, 6.07) is 9.99. The molecule has 0 unspecified atom stereocenters. The topological polar surface area (TPSA) is 50.5 Å². The molecule has 1 fully saturated rings. The third-order valence-corrected chi connectivity index (χ3v) is 3.91. The van der Waals surface area contributed by atoms with Crippen LogP contribution in [-0.2, 0) is 0 Å². The molecule has 1 aliphatic heterocycles. The average Bonchev–Trinajstić information content (AvgIpc) is 2.53. The minimum Gasteiger partial charge on any atom is -0.392 e. The summed E-state index contributed by atoms with van der Waals surface area (Å²) in [5.74, 6) is 0. The molecule has 0 saturated carbocycles. The maximum absolute atomic E-state index is 9.95. The Morgan fingerprint density at radius 2 is 2.00 bits per heavy atom. The van der Waals surface area contributed by atoms with Crippen molar-refractivity contribution in [1.82, 2.24) is 4.90 Å². The van der Waals surface area contributed by atoms with Gasteiger partial charge in [0.15, 0.2) is 0 Å². The van der Waals surface area contributed by atoms with E-state index in [4.69, 9.17) is 0 Å². The Kier molecular flexibility index (Phi) is 5.79. The van der Waals surface area contributed by atoms with Crippen LogP contribution in [0.15, 0.2) is 36.9 Å². The van der Waals surface area contributed by atoms with Crippen LogP contribution in [0.1, 0.15) is 18.4 Å². The highest BCUT2D eigenvalue weighted by atomic mass is 16.3. The van der Waals surface area contributed by atoms with E-state index < -0.39 is 0 Å². The molecule has 0 aromatic heterocycles. The molecular formula is C17H23N3O. The largest absolute Gasteiger partial charge is 0.392 e. The number of allylic oxidation sites excluding steroid dienone is 1. The third kappa shape index (κ3) is 4.32. The molecule has 112 valence electrons. The Labute approximate surface area is 126 Å². The highest BCUT2D eigenvalue weighted by molar-refractivity contribution is 5.59. The van der Waals surface area contributed by atoms with Crippen molar-refractivity contribution in [1.29, 1.82) is 5.26 Å². The van der Waals surface area contributed by atoms with Gasteiger partial charge < -0.3 is 10.0 Å². The second-order valence-corrected chi connectivity index (χ2v) is 5.44. The third-order valence-electron chi connectivity index (χ3n) is 3.91. The van der Waals surface area contributed by atoms with Crippen LogP contribution in [0.4, 0.5) is 5.69 Å². The number of β-amino-alcohol motifs (C(OH)–C–C–N with tert-alkyl or cyclic N) is 1. The van der Waals surface area contributed by atoms with Crippen molar-refractivity contribution >= 4 is 5.69 Å². The number of aliphatic hydroxyl groups excluding tert-OH is 1. The maximum Gasteiger partial charge on any atom is 0.101 e. The number of rotatable bonds is 6. The molecule has 0 aliphatic carbocycles. The van der Waals surface area contributed by atoms with E-state index >= 15 is 0 Å². The zero-order valence-electron chi connectivity index (χ0n) is 12.4. The van der Waals surface area contributed by atoms with E-state index in [1.807, 2.05) is 30.3 Å². The number of nitrogens with zero attached hydrogens (tertiary/aromatic N) is 3. The predicted octanol–water partition coefficient (Wildman–Crippen LogP) is 2.01. The van der Waals surface area contributed by atoms with E-state index in [9.17, 15) is 10.4 Å². The molecular weight excluding hydrogens is 262 g/mol. The summed E-state index contributed by atoms with van der Waals surface area (Å²) in [5, 5.41) is 19.1. The van der Waals surface area contributed by atoms with Gasteiger partial charge in [-0.2, -0.15) is 5.26 Å². The van der Waals surface area contributed by atoms with Gasteiger partial charge in [-0.1, -0.05) is 18.2 Å². The standard InChI is InChI=1S/C17H23N3O/c1-2-3-7-16(21)14-19-9-11-20(12-10-19)17-8-5-4-6-15(17)13-18/h2,4-6,8,16,21H,1,3,7,9-12,14H2/t16-/m1/s1. The maximum atomic E-state index is 9.95. The summed E-state index contributed by atoms with van der Waals surface area (Å²) in [7, 11) is 0. The normalized spacial score (nSPS) is 17.2. The minimum atomic E-state index is -0.277. The van der Waals surface area contributed by atoms with Crippen LogP contribution in [0, 0.1) is 11.3 Å². The summed E-state index contributed by atoms with van der Waals surface area (Å²) >= 11 is 0. The second kappa shape index (κ2) is 7.82. The first kappa shape index (κ1) is 15.6. The summed E-state index contributed by atoms with van der Waals surface area (Å²) in [6.07, 6.45) is 3.21. The highest BCUT2D eigenvalue weighted by Gasteiger charge is 2.20. The number of nitriles is 1. The van der Waals surface area contributed by atoms with Gasteiger partial charge in [-0.05, 0) is 25.0 Å². The molecule has 0 amide bonds. The minimum absolute atomic E-state index is 0.277. The summed E-state index contributed by atoms with van der Waals surface area (Å²) in [5.41, 5.74) is 1.75. The van der Waals surface area contributed by atoms with Crippen LogP contribution in [0.25, 0.3) is 0 Å². The van der Waals surface area contributed by atoms with Crippen molar-refractivity contribution in [2.45, 2.75) is 18.9 Å². The second-order valence-electron chi connectivity index (χ2n) is 5.44. The van der Waals surface area contributed by atoms with E-state index in [2.05, 4.69) is 22.4 Å². The number of piperazine rings is 1. The molecule has 0 bridgehead atoms. The number of hydrogen-bond donors (Lipinski definition) is 1. The van der Waals surface area contributed by atoms with E-state index in [1.165, 1.54) is 0 Å². The van der Waals surface area contributed by atoms with E-state index in [1.54, 1.807) is 0 Å². The number of hydrogen-bond acceptors (Lipinski definition) is 4. The average molecular weight is 285 g/mol. The van der Waals surface area contributed by atoms with Gasteiger partial charge in [0.2, 0.25) is 0 Å². The van der Waals surface area contributed by atoms with Gasteiger partial charge in [0.1, 0.15) is 6.07 Å². The van der Waals surface area contributed by atoms with E-state index in [0.29, 0.717) is 0 Å². The highest BCUT2D eigenvalue weighted by Crippen LogP contribution is 2.21. The Morgan fingerprint density at radius 3 is 2.67 bits per heavy atom. The van der Waals surface area contributed by atoms with Gasteiger partial charge >= 0.3 is 0 Å². The molecule has 1 saturated heterocycles. The predicted molar refractivity (Wildman–Crippen MR) is 85.2 cm³/mol. The van der Waals surface area contributed by atoms with Crippen LogP contribution >= 0.6 is 0 Å². The molecule has 1 N–H and O–H groups in total. The van der Waals surface area contributed by atoms with Crippen LogP contribution in [-0.4, -0.2) is 48.8 Å². The van der Waals surface area contributed by atoms with Gasteiger partial charge in [0.05, 0.1) is 17.4 Å². The number of para-hydroxylation sites is 1. The zero-order chi connectivity index (χ0) is 15.1. The fraction of sp³-hybridized carbons (Fsp3) is 0.471. The van der Waals surface area contributed by atoms with Crippen molar-refractivity contribution in [2.24, 2.45) is 0 Å². The Balaban J connectivity index is 1.86. The Morgan fingerprint density at radius 1 is 1.29 bits per heavy atom. The quantitative estimate of drug-likeness (QED) is 0.812. The fourth-order valence-electron chi connectivity index (χ4n) is 2.71. The Bertz CT molecular complexity index is 501. The first-order valence-electron chi connectivity index (χ1n) is 7.50. The SMILES string of the molecule is C=CCC[C@@H](O)CN1CCN(c2ccccc2C#N)CC1. The molecule has 1 aliphatic rings. The number of anilines is 1. The smallest absolute Gasteiger partial charge is 0.101 e. The van der Waals surface area contributed by atoms with Crippen molar-refractivity contribution in [3.63, 3.8) is 0 Å². The lowest BCUT2D eigenvalue weighted by atomic mass is 10.1. The van der Waals surface area contributed by atoms with Crippen LogP contribution in [0.3, 0.4) is 0 Å². The monoisotopic (exact) mass is 285 g/mol. The van der Waals surface area contributed by atoms with Crippen molar-refractivity contribution < 1.29 is 5.11 Å². The first-order valence-corrected chi connectivity index (χ1v) is 7.50. The van der Waals surface area contributed by atoms with Crippen molar-refractivity contribution in [2.75, 3.05) is 37.6 Å². The molecule has 0 spiro atoms. The molecule has 1 aromatic carbocycles. The van der Waals surface area contributed by atoms with Crippen LogP contribution < -0.4 is 4.90 Å². The van der Waals surface area contributed by atoms with E-state index in [-0.39, 0.29) is 6.10 Å². The summed E-state index contributed by atoms with van der Waals surface area (Å²) in [4.78, 5) is 4.55. The molecule has 1 atom stereocenters. The van der Waals surface area contributed by atoms with Crippen LogP contribution in [0.5, 0.6) is 0 Å². The lowest BCUT2D eigenvalue weighted by Crippen LogP contribution is -2.48. The number of benzene rings is 1. The number of aliphatic hydroxyl groups is 1. The van der Waals surface area contributed by atoms with Gasteiger partial charge in [0, 0.05) is 32.7 Å². The molecule has 21 heavy (non-hydrogen) atoms. The Hall–Kier alpha value is -1.83. The molecule has 4 nitrogen and oxygen atoms in total. The van der Waals surface area contributed by atoms with Gasteiger partial charge in [-0.3, -0.25) is 4.90 Å². The lowest BCUT2D eigenvalue weighted by Gasteiger charge is -2.37. The lowest BCUT2D eigenvalue weighted by molar-refractivity contribution is 0.103. The summed E-state index contributed by atoms with van der Waals surface area (Å²) in [6.45, 7) is 8.04. The first-order chi connectivity index (χ1) is 10.2. The van der Waals surface area contributed by atoms with Gasteiger partial charge in [-0.25, -0.2) is 0 Å². The zero-order valence-corrected chi connectivity index (χ0v) is 12.4. The van der Waals surface area contributed by atoms with Gasteiger partial charge in [0.25, 0.3) is 0 Å². The molecule has 1 heterocycles. The van der Waals surface area contributed by atoms with Gasteiger partial charge in [-0.15, -0.1) is 6.58 Å². The summed E-state index contributed by atoms with van der Waals surface area (Å²) < 4.78 is 0. The molecule has 0 radical (unpaired) electrons. The van der Waals surface area contributed by atoms with Crippen molar-refractivity contribution in [3.05, 3.63) is 42.5 Å². The van der Waals surface area contributed by atoms with E-state index in [0.717, 1.165) is 56.8 Å². The molecule has 1 aromatic rings. The molecule has 4 heteroatoms.